The van der Waals surface area contributed by atoms with Crippen LogP contribution in [0.4, 0.5) is 0 Å². The number of nitrogens with zero attached hydrogens (tertiary/aromatic N) is 3. The summed E-state index contributed by atoms with van der Waals surface area (Å²) in [6, 6.07) is 11.5. The molecule has 2 heterocycles. The molecule has 0 fully saturated rings. The number of rotatable bonds is 8. The molecular formula is C25H26ClN3O3S. The fourth-order valence-electron chi connectivity index (χ4n) is 3.94. The van der Waals surface area contributed by atoms with Crippen LogP contribution in [0.15, 0.2) is 58.6 Å². The fourth-order valence-corrected chi connectivity index (χ4v) is 5.39. The first kappa shape index (κ1) is 23.3. The lowest BCUT2D eigenvalue weighted by atomic mass is 10.2. The van der Waals surface area contributed by atoms with E-state index >= 15 is 0 Å². The van der Waals surface area contributed by atoms with Gasteiger partial charge in [-0.25, -0.2) is 4.79 Å². The normalized spacial score (nSPS) is 11.2. The topological polar surface area (TPSA) is 58.3 Å². The van der Waals surface area contributed by atoms with Gasteiger partial charge in [-0.05, 0) is 44.5 Å². The second kappa shape index (κ2) is 9.93. The lowest BCUT2D eigenvalue weighted by Crippen LogP contribution is -2.07. The minimum Gasteiger partial charge on any atom is -0.495 e. The molecule has 4 aromatic rings. The zero-order valence-electron chi connectivity index (χ0n) is 19.1. The highest BCUT2D eigenvalue weighted by molar-refractivity contribution is 7.99. The number of aromatic nitrogens is 3. The van der Waals surface area contributed by atoms with Crippen LogP contribution < -0.4 is 4.74 Å². The molecule has 0 spiro atoms. The van der Waals surface area contributed by atoms with Gasteiger partial charge in [0.15, 0.2) is 0 Å². The van der Waals surface area contributed by atoms with E-state index in [0.717, 1.165) is 45.0 Å². The van der Waals surface area contributed by atoms with Gasteiger partial charge in [0.05, 0.1) is 36.0 Å². The smallest absolute Gasteiger partial charge is 0.341 e. The largest absolute Gasteiger partial charge is 0.495 e. The first-order valence-electron chi connectivity index (χ1n) is 10.9. The summed E-state index contributed by atoms with van der Waals surface area (Å²) in [5, 5.41) is 6.22. The minimum absolute atomic E-state index is 0.305. The Bertz CT molecular complexity index is 1310. The van der Waals surface area contributed by atoms with Gasteiger partial charge in [0, 0.05) is 33.7 Å². The number of benzene rings is 2. The highest BCUT2D eigenvalue weighted by Crippen LogP contribution is 2.44. The van der Waals surface area contributed by atoms with Gasteiger partial charge in [-0.1, -0.05) is 42.4 Å². The summed E-state index contributed by atoms with van der Waals surface area (Å²) in [6.45, 7) is 7.08. The maximum atomic E-state index is 12.5. The molecule has 0 radical (unpaired) electrons. The third-order valence-electron chi connectivity index (χ3n) is 5.40. The third kappa shape index (κ3) is 4.35. The SMILES string of the molecule is CCOC(=O)c1cccc(Sc2c(CC)n(-c3cnn(CC)c3)c3cc(Cl)ccc23)c1OC. The number of carbonyl (C=O) groups excluding carboxylic acids is 1. The van der Waals surface area contributed by atoms with Crippen molar-refractivity contribution in [1.82, 2.24) is 14.3 Å². The second-order valence-corrected chi connectivity index (χ2v) is 8.83. The van der Waals surface area contributed by atoms with Crippen molar-refractivity contribution >= 4 is 40.2 Å². The molecule has 8 heteroatoms. The van der Waals surface area contributed by atoms with E-state index in [1.54, 1.807) is 31.9 Å². The van der Waals surface area contributed by atoms with E-state index in [1.807, 2.05) is 47.4 Å². The van der Waals surface area contributed by atoms with Crippen molar-refractivity contribution in [2.45, 2.75) is 43.5 Å². The number of aryl methyl sites for hydroxylation is 1. The monoisotopic (exact) mass is 483 g/mol. The third-order valence-corrected chi connectivity index (χ3v) is 6.84. The van der Waals surface area contributed by atoms with Gasteiger partial charge in [0.25, 0.3) is 0 Å². The number of esters is 1. The lowest BCUT2D eigenvalue weighted by Gasteiger charge is -2.13. The van der Waals surface area contributed by atoms with Crippen molar-refractivity contribution in [1.29, 1.82) is 0 Å². The van der Waals surface area contributed by atoms with E-state index in [0.29, 0.717) is 22.9 Å². The number of fused-ring (bicyclic) bond motifs is 1. The van der Waals surface area contributed by atoms with Crippen molar-refractivity contribution in [3.05, 3.63) is 65.1 Å². The summed E-state index contributed by atoms with van der Waals surface area (Å²) in [7, 11) is 1.57. The Kier molecular flexibility index (Phi) is 7.00. The van der Waals surface area contributed by atoms with Crippen molar-refractivity contribution in [2.24, 2.45) is 0 Å². The predicted molar refractivity (Wildman–Crippen MR) is 132 cm³/mol. The molecule has 6 nitrogen and oxygen atoms in total. The van der Waals surface area contributed by atoms with E-state index < -0.39 is 5.97 Å². The minimum atomic E-state index is -0.395. The molecule has 0 atom stereocenters. The molecule has 0 bridgehead atoms. The van der Waals surface area contributed by atoms with Gasteiger partial charge in [-0.3, -0.25) is 4.68 Å². The Morgan fingerprint density at radius 3 is 2.67 bits per heavy atom. The number of carbonyl (C=O) groups is 1. The average Bonchev–Trinajstić information content (AvgIpc) is 3.41. The molecular weight excluding hydrogens is 458 g/mol. The van der Waals surface area contributed by atoms with Crippen LogP contribution in [-0.2, 0) is 17.7 Å². The van der Waals surface area contributed by atoms with Gasteiger partial charge in [-0.15, -0.1) is 0 Å². The van der Waals surface area contributed by atoms with E-state index in [4.69, 9.17) is 21.1 Å². The summed E-state index contributed by atoms with van der Waals surface area (Å²) in [5.74, 6) is 0.116. The van der Waals surface area contributed by atoms with Crippen LogP contribution in [0.25, 0.3) is 16.6 Å². The number of methoxy groups -OCH3 is 1. The average molecular weight is 484 g/mol. The molecule has 2 aromatic heterocycles. The maximum Gasteiger partial charge on any atom is 0.341 e. The van der Waals surface area contributed by atoms with Gasteiger partial charge < -0.3 is 14.0 Å². The Balaban J connectivity index is 1.91. The molecule has 4 rings (SSSR count). The number of hydrogen-bond donors (Lipinski definition) is 0. The number of hydrogen-bond acceptors (Lipinski definition) is 5. The number of halogens is 1. The summed E-state index contributed by atoms with van der Waals surface area (Å²) in [5.41, 5.74) is 3.55. The summed E-state index contributed by atoms with van der Waals surface area (Å²) in [4.78, 5) is 14.4. The molecule has 0 aliphatic heterocycles. The lowest BCUT2D eigenvalue weighted by molar-refractivity contribution is 0.0522. The van der Waals surface area contributed by atoms with Crippen LogP contribution in [0, 0.1) is 0 Å². The Labute approximate surface area is 202 Å². The summed E-state index contributed by atoms with van der Waals surface area (Å²) in [6.07, 6.45) is 4.71. The molecule has 0 amide bonds. The van der Waals surface area contributed by atoms with E-state index in [2.05, 4.69) is 23.5 Å². The Hall–Kier alpha value is -2.90. The second-order valence-electron chi connectivity index (χ2n) is 7.34. The fraction of sp³-hybridized carbons (Fsp3) is 0.280. The van der Waals surface area contributed by atoms with E-state index in [-0.39, 0.29) is 0 Å². The van der Waals surface area contributed by atoms with Crippen molar-refractivity contribution < 1.29 is 14.3 Å². The summed E-state index contributed by atoms with van der Waals surface area (Å²) >= 11 is 7.98. The molecule has 0 saturated heterocycles. The number of ether oxygens (including phenoxy) is 2. The van der Waals surface area contributed by atoms with Crippen molar-refractivity contribution in [3.8, 4) is 11.4 Å². The first-order chi connectivity index (χ1) is 16.0. The van der Waals surface area contributed by atoms with Gasteiger partial charge in [0.1, 0.15) is 11.3 Å². The van der Waals surface area contributed by atoms with E-state index in [1.165, 1.54) is 0 Å². The van der Waals surface area contributed by atoms with Crippen LogP contribution in [0.1, 0.15) is 36.8 Å². The standard InChI is InChI=1S/C25H26ClN3O3S/c1-5-20-24(33-22-10-8-9-19(23(22)31-4)25(30)32-7-3)18-12-11-16(26)13-21(18)29(20)17-14-27-28(6-2)15-17/h8-15H,5-7H2,1-4H3. The first-order valence-corrected chi connectivity index (χ1v) is 12.1. The van der Waals surface area contributed by atoms with E-state index in [9.17, 15) is 4.79 Å². The van der Waals surface area contributed by atoms with Crippen LogP contribution >= 0.6 is 23.4 Å². The highest BCUT2D eigenvalue weighted by atomic mass is 35.5. The van der Waals surface area contributed by atoms with Crippen LogP contribution in [0.5, 0.6) is 5.75 Å². The molecule has 2 aromatic carbocycles. The van der Waals surface area contributed by atoms with Crippen LogP contribution in [0.2, 0.25) is 5.02 Å². The molecule has 0 saturated carbocycles. The highest BCUT2D eigenvalue weighted by Gasteiger charge is 2.23. The molecule has 0 aliphatic rings. The van der Waals surface area contributed by atoms with Gasteiger partial charge >= 0.3 is 5.97 Å². The Morgan fingerprint density at radius 2 is 2.00 bits per heavy atom. The zero-order chi connectivity index (χ0) is 23.5. The van der Waals surface area contributed by atoms with Crippen LogP contribution in [-0.4, -0.2) is 34.0 Å². The molecule has 0 N–H and O–H groups in total. The zero-order valence-corrected chi connectivity index (χ0v) is 20.7. The quantitative estimate of drug-likeness (QED) is 0.271. The Morgan fingerprint density at radius 1 is 1.18 bits per heavy atom. The van der Waals surface area contributed by atoms with Gasteiger partial charge in [-0.2, -0.15) is 5.10 Å². The molecule has 172 valence electrons. The molecule has 0 unspecified atom stereocenters. The summed E-state index contributed by atoms with van der Waals surface area (Å²) < 4.78 is 15.0. The maximum absolute atomic E-state index is 12.5. The van der Waals surface area contributed by atoms with Crippen LogP contribution in [0.3, 0.4) is 0 Å². The van der Waals surface area contributed by atoms with Crippen molar-refractivity contribution in [2.75, 3.05) is 13.7 Å². The number of para-hydroxylation sites is 1. The molecule has 33 heavy (non-hydrogen) atoms. The van der Waals surface area contributed by atoms with Gasteiger partial charge in [0.2, 0.25) is 0 Å². The van der Waals surface area contributed by atoms with Crippen molar-refractivity contribution in [3.63, 3.8) is 0 Å². The molecule has 0 aliphatic carbocycles. The predicted octanol–water partition coefficient (Wildman–Crippen LogP) is 6.40.